The van der Waals surface area contributed by atoms with Gasteiger partial charge in [-0.3, -0.25) is 0 Å². The van der Waals surface area contributed by atoms with E-state index in [2.05, 4.69) is 27.4 Å². The van der Waals surface area contributed by atoms with E-state index >= 15 is 0 Å². The van der Waals surface area contributed by atoms with Gasteiger partial charge in [0.15, 0.2) is 0 Å². The first kappa shape index (κ1) is 13.2. The lowest BCUT2D eigenvalue weighted by molar-refractivity contribution is 0.336. The van der Waals surface area contributed by atoms with Crippen LogP contribution in [0.2, 0.25) is 0 Å². The second kappa shape index (κ2) is 6.56. The summed E-state index contributed by atoms with van der Waals surface area (Å²) >= 11 is 0. The van der Waals surface area contributed by atoms with Crippen LogP contribution in [0.1, 0.15) is 63.0 Å². The van der Waals surface area contributed by atoms with Crippen LogP contribution in [0, 0.1) is 5.92 Å². The average molecular weight is 261 g/mol. The molecule has 3 rings (SSSR count). The Balaban J connectivity index is 1.56. The molecule has 1 unspecified atom stereocenters. The Morgan fingerprint density at radius 1 is 1.16 bits per heavy atom. The monoisotopic (exact) mass is 261 g/mol. The van der Waals surface area contributed by atoms with E-state index in [4.69, 9.17) is 0 Å². The predicted octanol–water partition coefficient (Wildman–Crippen LogP) is 3.32. The summed E-state index contributed by atoms with van der Waals surface area (Å²) in [6.07, 6.45) is 15.2. The van der Waals surface area contributed by atoms with Crippen LogP contribution in [0.4, 0.5) is 0 Å². The number of imidazole rings is 1. The average Bonchev–Trinajstić information content (AvgIpc) is 2.95. The molecule has 19 heavy (non-hydrogen) atoms. The molecule has 3 nitrogen and oxygen atoms in total. The molecule has 0 aromatic carbocycles. The molecule has 0 amide bonds. The highest BCUT2D eigenvalue weighted by atomic mass is 15.0. The summed E-state index contributed by atoms with van der Waals surface area (Å²) in [6, 6.07) is 0. The van der Waals surface area contributed by atoms with Crippen molar-refractivity contribution in [2.45, 2.75) is 63.8 Å². The summed E-state index contributed by atoms with van der Waals surface area (Å²) in [5.74, 6) is 1.65. The van der Waals surface area contributed by atoms with Crippen LogP contribution in [-0.2, 0) is 6.54 Å². The molecule has 1 atom stereocenters. The van der Waals surface area contributed by atoms with Gasteiger partial charge < -0.3 is 9.88 Å². The van der Waals surface area contributed by atoms with Crippen LogP contribution in [0.15, 0.2) is 12.5 Å². The third-order valence-electron chi connectivity index (χ3n) is 4.95. The van der Waals surface area contributed by atoms with Gasteiger partial charge in [0.2, 0.25) is 0 Å². The molecule has 1 saturated heterocycles. The molecule has 106 valence electrons. The Morgan fingerprint density at radius 2 is 2.05 bits per heavy atom. The van der Waals surface area contributed by atoms with E-state index in [1.807, 2.05) is 0 Å². The van der Waals surface area contributed by atoms with E-state index in [1.165, 1.54) is 70.2 Å². The summed E-state index contributed by atoms with van der Waals surface area (Å²) in [5, 5.41) is 3.52. The summed E-state index contributed by atoms with van der Waals surface area (Å²) in [7, 11) is 0. The number of aryl methyl sites for hydroxylation is 1. The highest BCUT2D eigenvalue weighted by Crippen LogP contribution is 2.32. The number of nitrogens with zero attached hydrogens (tertiary/aromatic N) is 2. The SMILES string of the molecule is c1ncn(CCC2CCCNC2)c1C1CCCCC1. The van der Waals surface area contributed by atoms with Gasteiger partial charge in [-0.15, -0.1) is 0 Å². The molecule has 1 aromatic heterocycles. The van der Waals surface area contributed by atoms with Crippen molar-refractivity contribution in [3.63, 3.8) is 0 Å². The quantitative estimate of drug-likeness (QED) is 0.901. The van der Waals surface area contributed by atoms with Gasteiger partial charge in [-0.05, 0) is 51.1 Å². The molecule has 0 radical (unpaired) electrons. The van der Waals surface area contributed by atoms with Crippen LogP contribution in [-0.4, -0.2) is 22.6 Å². The lowest BCUT2D eigenvalue weighted by Gasteiger charge is -2.25. The molecule has 1 saturated carbocycles. The molecule has 1 aliphatic carbocycles. The highest BCUT2D eigenvalue weighted by molar-refractivity contribution is 5.07. The van der Waals surface area contributed by atoms with Crippen molar-refractivity contribution in [1.29, 1.82) is 0 Å². The van der Waals surface area contributed by atoms with E-state index < -0.39 is 0 Å². The van der Waals surface area contributed by atoms with E-state index in [-0.39, 0.29) is 0 Å². The van der Waals surface area contributed by atoms with Crippen molar-refractivity contribution in [1.82, 2.24) is 14.9 Å². The van der Waals surface area contributed by atoms with Crippen LogP contribution in [0.5, 0.6) is 0 Å². The Kier molecular flexibility index (Phi) is 4.54. The normalized spacial score (nSPS) is 25.6. The van der Waals surface area contributed by atoms with Crippen molar-refractivity contribution < 1.29 is 0 Å². The molecule has 0 spiro atoms. The predicted molar refractivity (Wildman–Crippen MR) is 78.3 cm³/mol. The van der Waals surface area contributed by atoms with Crippen molar-refractivity contribution in [3.8, 4) is 0 Å². The summed E-state index contributed by atoms with van der Waals surface area (Å²) in [6.45, 7) is 3.60. The Bertz CT molecular complexity index is 373. The zero-order chi connectivity index (χ0) is 12.9. The summed E-state index contributed by atoms with van der Waals surface area (Å²) in [5.41, 5.74) is 1.50. The molecule has 2 heterocycles. The van der Waals surface area contributed by atoms with Crippen LogP contribution < -0.4 is 5.32 Å². The van der Waals surface area contributed by atoms with E-state index in [0.29, 0.717) is 0 Å². The van der Waals surface area contributed by atoms with Crippen LogP contribution in [0.3, 0.4) is 0 Å². The molecular formula is C16H27N3. The topological polar surface area (TPSA) is 29.9 Å². The Morgan fingerprint density at radius 3 is 2.84 bits per heavy atom. The number of aromatic nitrogens is 2. The van der Waals surface area contributed by atoms with Gasteiger partial charge in [-0.25, -0.2) is 4.98 Å². The molecular weight excluding hydrogens is 234 g/mol. The second-order valence-corrected chi connectivity index (χ2v) is 6.35. The van der Waals surface area contributed by atoms with Crippen molar-refractivity contribution in [3.05, 3.63) is 18.2 Å². The molecule has 3 heteroatoms. The van der Waals surface area contributed by atoms with Gasteiger partial charge >= 0.3 is 0 Å². The Hall–Kier alpha value is -0.830. The van der Waals surface area contributed by atoms with E-state index in [1.54, 1.807) is 0 Å². The first-order valence-corrected chi connectivity index (χ1v) is 8.14. The standard InChI is InChI=1S/C16H27N3/c1-2-6-15(7-3-1)16-12-18-13-19(16)10-8-14-5-4-9-17-11-14/h12-15,17H,1-11H2. The second-order valence-electron chi connectivity index (χ2n) is 6.35. The maximum atomic E-state index is 4.41. The minimum absolute atomic E-state index is 0.778. The molecule has 2 fully saturated rings. The minimum Gasteiger partial charge on any atom is -0.334 e. The third kappa shape index (κ3) is 3.38. The fourth-order valence-electron chi connectivity index (χ4n) is 3.75. The number of piperidine rings is 1. The minimum atomic E-state index is 0.778. The number of hydrogen-bond acceptors (Lipinski definition) is 2. The van der Waals surface area contributed by atoms with Crippen LogP contribution >= 0.6 is 0 Å². The summed E-state index contributed by atoms with van der Waals surface area (Å²) < 4.78 is 2.44. The maximum absolute atomic E-state index is 4.41. The summed E-state index contributed by atoms with van der Waals surface area (Å²) in [4.78, 5) is 4.41. The fourth-order valence-corrected chi connectivity index (χ4v) is 3.75. The van der Waals surface area contributed by atoms with E-state index in [0.717, 1.165) is 18.4 Å². The highest BCUT2D eigenvalue weighted by Gasteiger charge is 2.19. The van der Waals surface area contributed by atoms with Crippen molar-refractivity contribution in [2.24, 2.45) is 5.92 Å². The smallest absolute Gasteiger partial charge is 0.0948 e. The first-order chi connectivity index (χ1) is 9.43. The maximum Gasteiger partial charge on any atom is 0.0948 e. The fraction of sp³-hybridized carbons (Fsp3) is 0.812. The van der Waals surface area contributed by atoms with Gasteiger partial charge in [0, 0.05) is 24.4 Å². The van der Waals surface area contributed by atoms with Crippen molar-refractivity contribution in [2.75, 3.05) is 13.1 Å². The van der Waals surface area contributed by atoms with Gasteiger partial charge in [0.1, 0.15) is 0 Å². The molecule has 1 aliphatic heterocycles. The molecule has 1 aromatic rings. The number of nitrogens with one attached hydrogen (secondary N) is 1. The molecule has 1 N–H and O–H groups in total. The largest absolute Gasteiger partial charge is 0.334 e. The number of hydrogen-bond donors (Lipinski definition) is 1. The van der Waals surface area contributed by atoms with E-state index in [9.17, 15) is 0 Å². The van der Waals surface area contributed by atoms with Gasteiger partial charge in [-0.1, -0.05) is 19.3 Å². The Labute approximate surface area is 116 Å². The van der Waals surface area contributed by atoms with Crippen molar-refractivity contribution >= 4 is 0 Å². The molecule has 2 aliphatic rings. The van der Waals surface area contributed by atoms with Gasteiger partial charge in [0.25, 0.3) is 0 Å². The zero-order valence-corrected chi connectivity index (χ0v) is 12.0. The lowest BCUT2D eigenvalue weighted by Crippen LogP contribution is -2.30. The lowest BCUT2D eigenvalue weighted by atomic mass is 9.87. The van der Waals surface area contributed by atoms with Gasteiger partial charge in [0.05, 0.1) is 6.33 Å². The number of rotatable bonds is 4. The third-order valence-corrected chi connectivity index (χ3v) is 4.95. The first-order valence-electron chi connectivity index (χ1n) is 8.14. The molecule has 0 bridgehead atoms. The van der Waals surface area contributed by atoms with Gasteiger partial charge in [-0.2, -0.15) is 0 Å². The van der Waals surface area contributed by atoms with Crippen LogP contribution in [0.25, 0.3) is 0 Å². The zero-order valence-electron chi connectivity index (χ0n) is 12.0.